The lowest BCUT2D eigenvalue weighted by Crippen LogP contribution is -2.74. The van der Waals surface area contributed by atoms with Gasteiger partial charge in [0.05, 0.1) is 35.0 Å². The van der Waals surface area contributed by atoms with Crippen molar-refractivity contribution in [2.75, 3.05) is 50.7 Å². The molecule has 11 nitrogen and oxygen atoms in total. The Balaban J connectivity index is 0.751. The number of nitrogens with one attached hydrogen (secondary N) is 1. The number of carbonyl (C=O) groups excluding carboxylic acids is 3. The number of hydrogen-bond acceptors (Lipinski definition) is 9. The summed E-state index contributed by atoms with van der Waals surface area (Å²) in [6.07, 6.45) is 8.72. The third kappa shape index (κ3) is 7.13. The van der Waals surface area contributed by atoms with Crippen molar-refractivity contribution in [3.63, 3.8) is 0 Å². The van der Waals surface area contributed by atoms with E-state index in [0.717, 1.165) is 107 Å². The number of likely N-dealkylation sites (tertiary alicyclic amines) is 2. The van der Waals surface area contributed by atoms with Crippen molar-refractivity contribution in [2.24, 2.45) is 11.3 Å². The smallest absolute Gasteiger partial charge is 0.234 e. The number of piperidine rings is 2. The minimum atomic E-state index is -0.555. The van der Waals surface area contributed by atoms with E-state index in [2.05, 4.69) is 42.3 Å². The van der Waals surface area contributed by atoms with E-state index in [0.29, 0.717) is 30.0 Å². The number of amides is 3. The molecular formula is C45H50N6O5. The number of ether oxygens (including phenoxy) is 1. The first-order chi connectivity index (χ1) is 27.3. The Morgan fingerprint density at radius 2 is 1.57 bits per heavy atom. The van der Waals surface area contributed by atoms with Gasteiger partial charge in [-0.2, -0.15) is 10.2 Å². The van der Waals surface area contributed by atoms with Crippen molar-refractivity contribution >= 4 is 23.4 Å². The van der Waals surface area contributed by atoms with E-state index in [1.807, 2.05) is 60.7 Å². The number of carbonyl (C=O) groups is 3. The van der Waals surface area contributed by atoms with Crippen molar-refractivity contribution in [3.05, 3.63) is 102 Å². The van der Waals surface area contributed by atoms with E-state index < -0.39 is 5.41 Å². The summed E-state index contributed by atoms with van der Waals surface area (Å²) in [5.74, 6) is 1.26. The van der Waals surface area contributed by atoms with Gasteiger partial charge in [-0.25, -0.2) is 0 Å². The van der Waals surface area contributed by atoms with Crippen LogP contribution in [-0.2, 0) is 19.8 Å². The highest BCUT2D eigenvalue weighted by molar-refractivity contribution is 6.01. The molecular weight excluding hydrogens is 705 g/mol. The van der Waals surface area contributed by atoms with Crippen LogP contribution in [0.3, 0.4) is 0 Å². The number of phenolic OH excluding ortho intramolecular Hbond substituents is 1. The van der Waals surface area contributed by atoms with Crippen LogP contribution in [0.2, 0.25) is 0 Å². The van der Waals surface area contributed by atoms with Crippen LogP contribution in [0.15, 0.2) is 91.1 Å². The molecule has 1 saturated carbocycles. The third-order valence-corrected chi connectivity index (χ3v) is 13.1. The fraction of sp³-hybridized carbons (Fsp3) is 0.444. The normalized spacial score (nSPS) is 24.5. The molecule has 1 aromatic heterocycles. The van der Waals surface area contributed by atoms with Gasteiger partial charge in [-0.15, -0.1) is 0 Å². The molecule has 0 unspecified atom stereocenters. The second-order valence-electron chi connectivity index (χ2n) is 16.9. The SMILES string of the molecule is O=C1CC[C@H](c2ccc(OC3CCC(CN4CC5(C4)CN(C(=O)C4(c6ccccc6)CCN(c6cnnc(-c7ccccc7O)c6)CC4)C5)CC3)cc2)C(=O)N1. The zero-order chi connectivity index (χ0) is 38.3. The number of imide groups is 1. The summed E-state index contributed by atoms with van der Waals surface area (Å²) in [6.45, 7) is 6.36. The van der Waals surface area contributed by atoms with Crippen LogP contribution in [0.25, 0.3) is 11.3 Å². The van der Waals surface area contributed by atoms with E-state index in [9.17, 15) is 19.5 Å². The molecule has 9 rings (SSSR count). The van der Waals surface area contributed by atoms with Gasteiger partial charge in [-0.1, -0.05) is 54.6 Å². The number of aromatic hydroxyl groups is 1. The average molecular weight is 755 g/mol. The predicted molar refractivity (Wildman–Crippen MR) is 212 cm³/mol. The summed E-state index contributed by atoms with van der Waals surface area (Å²) in [6, 6.07) is 27.3. The van der Waals surface area contributed by atoms with Crippen LogP contribution >= 0.6 is 0 Å². The van der Waals surface area contributed by atoms with E-state index in [1.54, 1.807) is 18.3 Å². The van der Waals surface area contributed by atoms with Gasteiger partial charge in [-0.05, 0) is 92.3 Å². The molecule has 1 atom stereocenters. The van der Waals surface area contributed by atoms with E-state index in [-0.39, 0.29) is 40.9 Å². The summed E-state index contributed by atoms with van der Waals surface area (Å²) in [5.41, 5.74) is 3.93. The number of nitrogens with zero attached hydrogens (tertiary/aromatic N) is 5. The molecule has 3 aromatic carbocycles. The molecule has 5 aliphatic rings. The summed E-state index contributed by atoms with van der Waals surface area (Å²) in [4.78, 5) is 45.3. The average Bonchev–Trinajstić information content (AvgIpc) is 3.20. The van der Waals surface area contributed by atoms with E-state index in [4.69, 9.17) is 4.74 Å². The van der Waals surface area contributed by atoms with Crippen molar-refractivity contribution in [3.8, 4) is 22.8 Å². The van der Waals surface area contributed by atoms with Crippen molar-refractivity contribution < 1.29 is 24.2 Å². The second-order valence-corrected chi connectivity index (χ2v) is 16.9. The number of hydrogen-bond donors (Lipinski definition) is 2. The quantitative estimate of drug-likeness (QED) is 0.207. The maximum Gasteiger partial charge on any atom is 0.234 e. The zero-order valence-electron chi connectivity index (χ0n) is 31.8. The van der Waals surface area contributed by atoms with E-state index >= 15 is 0 Å². The van der Waals surface area contributed by atoms with Crippen LogP contribution < -0.4 is 15.0 Å². The lowest BCUT2D eigenvalue weighted by molar-refractivity contribution is -0.167. The molecule has 0 radical (unpaired) electrons. The monoisotopic (exact) mass is 754 g/mol. The molecule has 56 heavy (non-hydrogen) atoms. The van der Waals surface area contributed by atoms with Crippen LogP contribution in [0, 0.1) is 11.3 Å². The number of phenols is 1. The first-order valence-electron chi connectivity index (χ1n) is 20.3. The van der Waals surface area contributed by atoms with Crippen LogP contribution in [0.1, 0.15) is 68.4 Å². The Morgan fingerprint density at radius 3 is 2.29 bits per heavy atom. The Hall–Kier alpha value is -5.29. The first-order valence-corrected chi connectivity index (χ1v) is 20.3. The van der Waals surface area contributed by atoms with Crippen molar-refractivity contribution in [1.29, 1.82) is 0 Å². The van der Waals surface area contributed by atoms with Crippen molar-refractivity contribution in [1.82, 2.24) is 25.3 Å². The van der Waals surface area contributed by atoms with Gasteiger partial charge in [0.1, 0.15) is 11.5 Å². The van der Waals surface area contributed by atoms with E-state index in [1.165, 1.54) is 0 Å². The zero-order valence-corrected chi connectivity index (χ0v) is 31.8. The summed E-state index contributed by atoms with van der Waals surface area (Å²) >= 11 is 0. The fourth-order valence-electron chi connectivity index (χ4n) is 10.1. The molecule has 4 saturated heterocycles. The minimum absolute atomic E-state index is 0.177. The van der Waals surface area contributed by atoms with Crippen LogP contribution in [0.5, 0.6) is 11.5 Å². The lowest BCUT2D eigenvalue weighted by atomic mass is 9.67. The van der Waals surface area contributed by atoms with Gasteiger partial charge >= 0.3 is 0 Å². The topological polar surface area (TPSA) is 128 Å². The fourth-order valence-corrected chi connectivity index (χ4v) is 10.1. The standard InChI is InChI=1S/C45H50N6O5/c52-40-9-5-4-8-38(40)39-24-34(25-46-48-39)50-22-20-45(21-23-50,33-6-2-1-3-7-33)43(55)51-29-44(30-51)27-49(28-44)26-31-10-14-35(15-11-31)56-36-16-12-32(13-17-36)37-18-19-41(53)47-42(37)54/h1-9,12-13,16-17,24-25,31,35,37,52H,10-11,14-15,18-23,26-30H2,(H,47,53,54)/t31?,35?,37-/m1/s1. The molecule has 3 amide bonds. The first kappa shape index (κ1) is 36.4. The van der Waals surface area contributed by atoms with Gasteiger partial charge in [0.2, 0.25) is 17.7 Å². The van der Waals surface area contributed by atoms with Crippen LogP contribution in [0.4, 0.5) is 5.69 Å². The molecule has 0 bridgehead atoms. The Morgan fingerprint density at radius 1 is 0.857 bits per heavy atom. The predicted octanol–water partition coefficient (Wildman–Crippen LogP) is 5.69. The molecule has 11 heteroatoms. The van der Waals surface area contributed by atoms with Gasteiger partial charge in [0, 0.05) is 63.2 Å². The summed E-state index contributed by atoms with van der Waals surface area (Å²) in [5, 5.41) is 21.4. The molecule has 2 N–H and O–H groups in total. The minimum Gasteiger partial charge on any atom is -0.507 e. The number of para-hydroxylation sites is 1. The number of anilines is 1. The Kier molecular flexibility index (Phi) is 9.73. The molecule has 1 spiro atoms. The molecule has 290 valence electrons. The molecule has 1 aliphatic carbocycles. The van der Waals surface area contributed by atoms with Gasteiger partial charge in [-0.3, -0.25) is 19.7 Å². The Bertz CT molecular complexity index is 2060. The number of rotatable bonds is 9. The van der Waals surface area contributed by atoms with Gasteiger partial charge < -0.3 is 24.5 Å². The maximum atomic E-state index is 14.5. The highest BCUT2D eigenvalue weighted by atomic mass is 16.5. The largest absolute Gasteiger partial charge is 0.507 e. The van der Waals surface area contributed by atoms with Crippen LogP contribution in [-0.4, -0.2) is 94.7 Å². The highest BCUT2D eigenvalue weighted by Gasteiger charge is 2.56. The summed E-state index contributed by atoms with van der Waals surface area (Å²) in [7, 11) is 0. The van der Waals surface area contributed by atoms with Gasteiger partial charge in [0.25, 0.3) is 0 Å². The Labute approximate surface area is 328 Å². The number of benzene rings is 3. The molecule has 5 heterocycles. The van der Waals surface area contributed by atoms with Crippen molar-refractivity contribution in [2.45, 2.75) is 68.8 Å². The maximum absolute atomic E-state index is 14.5. The number of aromatic nitrogens is 2. The second kappa shape index (κ2) is 15.0. The lowest BCUT2D eigenvalue weighted by Gasteiger charge is -2.62. The highest BCUT2D eigenvalue weighted by Crippen LogP contribution is 2.46. The summed E-state index contributed by atoms with van der Waals surface area (Å²) < 4.78 is 6.35. The molecule has 4 aliphatic heterocycles. The van der Waals surface area contributed by atoms with Gasteiger partial charge in [0.15, 0.2) is 0 Å². The molecule has 4 aromatic rings. The molecule has 5 fully saturated rings. The third-order valence-electron chi connectivity index (χ3n) is 13.1.